The maximum absolute atomic E-state index is 13.0. The molecule has 0 spiro atoms. The van der Waals surface area contributed by atoms with Crippen LogP contribution in [0.2, 0.25) is 0 Å². The average Bonchev–Trinajstić information content (AvgIpc) is 3.19. The van der Waals surface area contributed by atoms with Crippen molar-refractivity contribution in [3.05, 3.63) is 29.3 Å². The van der Waals surface area contributed by atoms with Gasteiger partial charge in [-0.2, -0.15) is 0 Å². The molecule has 2 heterocycles. The van der Waals surface area contributed by atoms with Crippen molar-refractivity contribution in [2.75, 3.05) is 13.7 Å². The topological polar surface area (TPSA) is 97.0 Å². The molecule has 3 atom stereocenters. The summed E-state index contributed by atoms with van der Waals surface area (Å²) in [5.41, 5.74) is 1.50. The fraction of sp³-hybridized carbons (Fsp3) is 0.667. The van der Waals surface area contributed by atoms with Gasteiger partial charge in [0, 0.05) is 31.7 Å². The zero-order valence-electron chi connectivity index (χ0n) is 20.6. The Kier molecular flexibility index (Phi) is 7.39. The van der Waals surface area contributed by atoms with Crippen LogP contribution >= 0.6 is 0 Å². The monoisotopic (exact) mass is 483 g/mol. The van der Waals surface area contributed by atoms with Gasteiger partial charge in [-0.1, -0.05) is 6.42 Å². The first-order valence-corrected chi connectivity index (χ1v) is 13.2. The number of nitrogens with one attached hydrogen (secondary N) is 2. The summed E-state index contributed by atoms with van der Waals surface area (Å²) >= 11 is 0. The zero-order valence-corrected chi connectivity index (χ0v) is 20.6. The van der Waals surface area contributed by atoms with E-state index in [4.69, 9.17) is 9.47 Å². The molecule has 35 heavy (non-hydrogen) atoms. The number of hydrogen-bond donors (Lipinski definition) is 2. The highest BCUT2D eigenvalue weighted by Crippen LogP contribution is 2.32. The van der Waals surface area contributed by atoms with E-state index in [1.165, 1.54) is 19.3 Å². The van der Waals surface area contributed by atoms with E-state index in [1.54, 1.807) is 4.90 Å². The van der Waals surface area contributed by atoms with Crippen LogP contribution in [0.5, 0.6) is 5.75 Å². The summed E-state index contributed by atoms with van der Waals surface area (Å²) in [5.74, 6) is 0.672. The van der Waals surface area contributed by atoms with Gasteiger partial charge in [0.05, 0.1) is 6.10 Å². The average molecular weight is 484 g/mol. The Morgan fingerprint density at radius 3 is 2.60 bits per heavy atom. The standard InChI is InChI=1S/C27H37N3O5/c1-34-19-8-6-17(7-9-19)15-28-22-4-2-3-5-24(22)35-20-10-11-21-18(14-20)16-30(27(21)33)23-12-13-25(31)29-26(23)32/h10-11,14,17,19,22-24,28H,2-9,12-13,15-16H2,1H3,(H,29,31,32)/t17-,19-,22-,23?,24-/m0/s1. The molecule has 5 rings (SSSR count). The van der Waals surface area contributed by atoms with Crippen molar-refractivity contribution in [2.45, 2.75) is 95.0 Å². The maximum atomic E-state index is 13.0. The van der Waals surface area contributed by atoms with E-state index in [-0.39, 0.29) is 30.2 Å². The number of amides is 3. The Bertz CT molecular complexity index is 958. The van der Waals surface area contributed by atoms with Crippen LogP contribution in [0.3, 0.4) is 0 Å². The summed E-state index contributed by atoms with van der Waals surface area (Å²) in [4.78, 5) is 38.3. The molecule has 1 saturated heterocycles. The smallest absolute Gasteiger partial charge is 0.255 e. The lowest BCUT2D eigenvalue weighted by molar-refractivity contribution is -0.136. The number of rotatable bonds is 7. The van der Waals surface area contributed by atoms with Gasteiger partial charge in [0.25, 0.3) is 5.91 Å². The fourth-order valence-electron chi connectivity index (χ4n) is 6.16. The molecule has 0 bridgehead atoms. The van der Waals surface area contributed by atoms with Crippen LogP contribution < -0.4 is 15.4 Å². The first-order chi connectivity index (χ1) is 17.0. The van der Waals surface area contributed by atoms with Gasteiger partial charge in [-0.15, -0.1) is 0 Å². The van der Waals surface area contributed by atoms with E-state index in [1.807, 2.05) is 25.3 Å². The number of carbonyl (C=O) groups is 3. The van der Waals surface area contributed by atoms with Crippen LogP contribution in [0.25, 0.3) is 0 Å². The molecule has 0 aromatic heterocycles. The van der Waals surface area contributed by atoms with Crippen LogP contribution in [-0.2, 0) is 20.9 Å². The Balaban J connectivity index is 1.19. The number of benzene rings is 1. The molecular formula is C27H37N3O5. The Morgan fingerprint density at radius 1 is 1.03 bits per heavy atom. The Hall–Kier alpha value is -2.45. The quantitative estimate of drug-likeness (QED) is 0.579. The van der Waals surface area contributed by atoms with Crippen molar-refractivity contribution in [2.24, 2.45) is 5.92 Å². The number of methoxy groups -OCH3 is 1. The lowest BCUT2D eigenvalue weighted by Crippen LogP contribution is -2.52. The van der Waals surface area contributed by atoms with Gasteiger partial charge in [0.15, 0.2) is 0 Å². The van der Waals surface area contributed by atoms with E-state index in [0.717, 1.165) is 50.0 Å². The summed E-state index contributed by atoms with van der Waals surface area (Å²) in [6.45, 7) is 1.40. The van der Waals surface area contributed by atoms with Crippen molar-refractivity contribution < 1.29 is 23.9 Å². The number of ether oxygens (including phenoxy) is 2. The molecule has 1 aromatic carbocycles. The molecule has 2 N–H and O–H groups in total. The van der Waals surface area contributed by atoms with Gasteiger partial charge in [-0.25, -0.2) is 0 Å². The van der Waals surface area contributed by atoms with E-state index in [0.29, 0.717) is 36.6 Å². The minimum absolute atomic E-state index is 0.112. The highest BCUT2D eigenvalue weighted by molar-refractivity contribution is 6.05. The van der Waals surface area contributed by atoms with Gasteiger partial charge >= 0.3 is 0 Å². The third-order valence-electron chi connectivity index (χ3n) is 8.28. The molecule has 3 fully saturated rings. The van der Waals surface area contributed by atoms with E-state index in [9.17, 15) is 14.4 Å². The molecule has 8 heteroatoms. The van der Waals surface area contributed by atoms with Crippen molar-refractivity contribution >= 4 is 17.7 Å². The zero-order chi connectivity index (χ0) is 24.4. The molecule has 0 radical (unpaired) electrons. The number of piperidine rings is 1. The molecule has 3 amide bonds. The molecule has 1 aromatic rings. The number of hydrogen-bond acceptors (Lipinski definition) is 6. The second kappa shape index (κ2) is 10.7. The predicted octanol–water partition coefficient (Wildman–Crippen LogP) is 2.93. The summed E-state index contributed by atoms with van der Waals surface area (Å²) < 4.78 is 12.0. The highest BCUT2D eigenvalue weighted by Gasteiger charge is 2.39. The number of nitrogens with zero attached hydrogens (tertiary/aromatic N) is 1. The molecule has 2 saturated carbocycles. The van der Waals surface area contributed by atoms with Gasteiger partial charge in [-0.05, 0) is 87.6 Å². The van der Waals surface area contributed by atoms with Gasteiger partial charge in [0.1, 0.15) is 17.9 Å². The minimum Gasteiger partial charge on any atom is -0.489 e. The van der Waals surface area contributed by atoms with Crippen molar-refractivity contribution in [3.63, 3.8) is 0 Å². The molecule has 8 nitrogen and oxygen atoms in total. The normalized spacial score (nSPS) is 31.3. The molecule has 4 aliphatic rings. The number of imide groups is 1. The maximum Gasteiger partial charge on any atom is 0.255 e. The molecule has 1 unspecified atom stereocenters. The summed E-state index contributed by atoms with van der Waals surface area (Å²) in [7, 11) is 1.81. The predicted molar refractivity (Wildman–Crippen MR) is 130 cm³/mol. The summed E-state index contributed by atoms with van der Waals surface area (Å²) in [6.07, 6.45) is 10.4. The second-order valence-corrected chi connectivity index (χ2v) is 10.6. The lowest BCUT2D eigenvalue weighted by atomic mass is 9.86. The molecule has 190 valence electrons. The number of carbonyl (C=O) groups excluding carboxylic acids is 3. The van der Waals surface area contributed by atoms with Crippen molar-refractivity contribution in [1.29, 1.82) is 0 Å². The number of fused-ring (bicyclic) bond motifs is 1. The van der Waals surface area contributed by atoms with Crippen LogP contribution in [0.15, 0.2) is 18.2 Å². The van der Waals surface area contributed by atoms with Crippen LogP contribution in [0.1, 0.15) is 80.1 Å². The fourth-order valence-corrected chi connectivity index (χ4v) is 6.16. The molecule has 2 aliphatic heterocycles. The lowest BCUT2D eigenvalue weighted by Gasteiger charge is -2.35. The van der Waals surface area contributed by atoms with E-state index >= 15 is 0 Å². The molecule has 2 aliphatic carbocycles. The Labute approximate surface area is 207 Å². The third-order valence-corrected chi connectivity index (χ3v) is 8.28. The SMILES string of the molecule is CO[C@H]1CC[C@H](CN[C@H]2CCCC[C@@H]2Oc2ccc3c(c2)CN(C2CCC(=O)NC2=O)C3=O)CC1. The van der Waals surface area contributed by atoms with Crippen molar-refractivity contribution in [3.8, 4) is 5.75 Å². The van der Waals surface area contributed by atoms with Gasteiger partial charge in [-0.3, -0.25) is 19.7 Å². The third kappa shape index (κ3) is 5.38. The van der Waals surface area contributed by atoms with E-state index < -0.39 is 6.04 Å². The highest BCUT2D eigenvalue weighted by atomic mass is 16.5. The van der Waals surface area contributed by atoms with Crippen LogP contribution in [-0.4, -0.2) is 60.6 Å². The van der Waals surface area contributed by atoms with E-state index in [2.05, 4.69) is 10.6 Å². The largest absolute Gasteiger partial charge is 0.489 e. The van der Waals surface area contributed by atoms with Gasteiger partial charge < -0.3 is 19.7 Å². The first-order valence-electron chi connectivity index (χ1n) is 13.2. The Morgan fingerprint density at radius 2 is 1.83 bits per heavy atom. The first kappa shape index (κ1) is 24.3. The summed E-state index contributed by atoms with van der Waals surface area (Å²) in [5, 5.41) is 6.17. The van der Waals surface area contributed by atoms with Crippen molar-refractivity contribution in [1.82, 2.24) is 15.5 Å². The van der Waals surface area contributed by atoms with Gasteiger partial charge in [0.2, 0.25) is 11.8 Å². The minimum atomic E-state index is -0.595. The molecular weight excluding hydrogens is 446 g/mol. The second-order valence-electron chi connectivity index (χ2n) is 10.6. The van der Waals surface area contributed by atoms with Crippen LogP contribution in [0, 0.1) is 5.92 Å². The van der Waals surface area contributed by atoms with Crippen LogP contribution in [0.4, 0.5) is 0 Å². The summed E-state index contributed by atoms with van der Waals surface area (Å²) in [6, 6.07) is 5.39.